The van der Waals surface area contributed by atoms with Crippen molar-refractivity contribution in [2.75, 3.05) is 5.32 Å². The topological polar surface area (TPSA) is 64.0 Å². The van der Waals surface area contributed by atoms with Crippen LogP contribution in [-0.4, -0.2) is 15.5 Å². The minimum Gasteiger partial charge on any atom is -0.310 e. The highest BCUT2D eigenvalue weighted by Crippen LogP contribution is 2.07. The molecule has 0 saturated carbocycles. The van der Waals surface area contributed by atoms with Gasteiger partial charge in [0.05, 0.1) is 6.54 Å². The molecule has 6 heteroatoms. The number of nitrogens with zero attached hydrogens (tertiary/aromatic N) is 2. The van der Waals surface area contributed by atoms with Gasteiger partial charge in [-0.1, -0.05) is 18.2 Å². The first kappa shape index (κ1) is 16.6. The third kappa shape index (κ3) is 3.98. The number of benzene rings is 1. The zero-order valence-corrected chi connectivity index (χ0v) is 13.6. The summed E-state index contributed by atoms with van der Waals surface area (Å²) in [6, 6.07) is 14.2. The minimum atomic E-state index is -0.517. The van der Waals surface area contributed by atoms with Crippen molar-refractivity contribution >= 4 is 11.7 Å². The summed E-state index contributed by atoms with van der Waals surface area (Å²) in [5, 5.41) is 2.63. The van der Waals surface area contributed by atoms with Crippen LogP contribution in [0.1, 0.15) is 21.6 Å². The van der Waals surface area contributed by atoms with Gasteiger partial charge in [0.25, 0.3) is 11.5 Å². The first-order chi connectivity index (χ1) is 12.0. The summed E-state index contributed by atoms with van der Waals surface area (Å²) < 4.78 is 14.4. The highest BCUT2D eigenvalue weighted by atomic mass is 19.1. The Hall–Kier alpha value is -3.28. The summed E-state index contributed by atoms with van der Waals surface area (Å²) in [5.74, 6) is -0.468. The molecule has 0 aliphatic rings. The number of pyridine rings is 2. The third-order valence-electron chi connectivity index (χ3n) is 3.66. The van der Waals surface area contributed by atoms with Crippen molar-refractivity contribution in [2.45, 2.75) is 13.5 Å². The Labute approximate surface area is 143 Å². The summed E-state index contributed by atoms with van der Waals surface area (Å²) in [5.41, 5.74) is 1.13. The molecule has 5 nitrogen and oxygen atoms in total. The van der Waals surface area contributed by atoms with Crippen LogP contribution in [0.25, 0.3) is 0 Å². The van der Waals surface area contributed by atoms with Gasteiger partial charge < -0.3 is 9.88 Å². The smallest absolute Gasteiger partial charge is 0.263 e. The molecule has 0 aliphatic carbocycles. The largest absolute Gasteiger partial charge is 0.310 e. The predicted molar refractivity (Wildman–Crippen MR) is 93.1 cm³/mol. The van der Waals surface area contributed by atoms with Crippen LogP contribution in [0.2, 0.25) is 0 Å². The van der Waals surface area contributed by atoms with Gasteiger partial charge in [0, 0.05) is 11.9 Å². The van der Waals surface area contributed by atoms with Crippen molar-refractivity contribution in [3.05, 3.63) is 93.8 Å². The first-order valence-electron chi connectivity index (χ1n) is 7.72. The highest BCUT2D eigenvalue weighted by Gasteiger charge is 2.13. The Morgan fingerprint density at radius 3 is 2.60 bits per heavy atom. The molecule has 0 saturated heterocycles. The molecule has 1 N–H and O–H groups in total. The second kappa shape index (κ2) is 7.09. The van der Waals surface area contributed by atoms with Crippen molar-refractivity contribution < 1.29 is 9.18 Å². The van der Waals surface area contributed by atoms with Crippen molar-refractivity contribution in [1.82, 2.24) is 9.55 Å². The maximum atomic E-state index is 13.0. The fourth-order valence-corrected chi connectivity index (χ4v) is 2.42. The normalized spacial score (nSPS) is 10.5. The summed E-state index contributed by atoms with van der Waals surface area (Å²) in [4.78, 5) is 29.1. The van der Waals surface area contributed by atoms with Gasteiger partial charge >= 0.3 is 0 Å². The van der Waals surface area contributed by atoms with Crippen LogP contribution in [-0.2, 0) is 6.54 Å². The van der Waals surface area contributed by atoms with E-state index in [4.69, 9.17) is 0 Å². The van der Waals surface area contributed by atoms with E-state index in [0.29, 0.717) is 5.82 Å². The predicted octanol–water partition coefficient (Wildman–Crippen LogP) is 2.99. The summed E-state index contributed by atoms with van der Waals surface area (Å²) >= 11 is 0. The quantitative estimate of drug-likeness (QED) is 0.796. The van der Waals surface area contributed by atoms with Crippen LogP contribution >= 0.6 is 0 Å². The molecule has 126 valence electrons. The Morgan fingerprint density at radius 2 is 1.88 bits per heavy atom. The zero-order chi connectivity index (χ0) is 17.8. The lowest BCUT2D eigenvalue weighted by Crippen LogP contribution is -2.29. The van der Waals surface area contributed by atoms with Gasteiger partial charge in [-0.25, -0.2) is 9.37 Å². The third-order valence-corrected chi connectivity index (χ3v) is 3.66. The number of amides is 1. The number of hydrogen-bond acceptors (Lipinski definition) is 3. The monoisotopic (exact) mass is 337 g/mol. The van der Waals surface area contributed by atoms with E-state index >= 15 is 0 Å². The molecule has 0 bridgehead atoms. The van der Waals surface area contributed by atoms with Crippen molar-refractivity contribution in [1.29, 1.82) is 0 Å². The molecule has 0 atom stereocenters. The van der Waals surface area contributed by atoms with Gasteiger partial charge in [0.2, 0.25) is 0 Å². The lowest BCUT2D eigenvalue weighted by molar-refractivity contribution is 0.102. The average molecular weight is 337 g/mol. The second-order valence-electron chi connectivity index (χ2n) is 5.60. The van der Waals surface area contributed by atoms with Crippen LogP contribution in [0, 0.1) is 12.7 Å². The fourth-order valence-electron chi connectivity index (χ4n) is 2.42. The molecule has 25 heavy (non-hydrogen) atoms. The maximum absolute atomic E-state index is 13.0. The van der Waals surface area contributed by atoms with E-state index in [1.165, 1.54) is 22.8 Å². The average Bonchev–Trinajstić information content (AvgIpc) is 2.58. The zero-order valence-electron chi connectivity index (χ0n) is 13.6. The van der Waals surface area contributed by atoms with E-state index in [1.807, 2.05) is 13.0 Å². The molecule has 0 spiro atoms. The maximum Gasteiger partial charge on any atom is 0.263 e. The van der Waals surface area contributed by atoms with Crippen molar-refractivity contribution in [3.8, 4) is 0 Å². The van der Waals surface area contributed by atoms with E-state index in [0.717, 1.165) is 11.3 Å². The van der Waals surface area contributed by atoms with Crippen LogP contribution in [0.3, 0.4) is 0 Å². The van der Waals surface area contributed by atoms with Crippen LogP contribution in [0.15, 0.2) is 65.6 Å². The summed E-state index contributed by atoms with van der Waals surface area (Å²) in [6.07, 6.45) is 1.59. The fraction of sp³-hybridized carbons (Fsp3) is 0.105. The van der Waals surface area contributed by atoms with Gasteiger partial charge in [0.15, 0.2) is 0 Å². The SMILES string of the molecule is Cc1cccc(NC(=O)c2cccn(Cc3ccc(F)cc3)c2=O)n1. The van der Waals surface area contributed by atoms with Gasteiger partial charge in [-0.05, 0) is 48.9 Å². The Bertz CT molecular complexity index is 965. The number of aromatic nitrogens is 2. The molecular weight excluding hydrogens is 321 g/mol. The van der Waals surface area contributed by atoms with E-state index in [-0.39, 0.29) is 17.9 Å². The second-order valence-corrected chi connectivity index (χ2v) is 5.60. The number of nitrogens with one attached hydrogen (secondary N) is 1. The molecule has 1 amide bonds. The van der Waals surface area contributed by atoms with Gasteiger partial charge in [0.1, 0.15) is 17.2 Å². The molecule has 2 aromatic heterocycles. The number of rotatable bonds is 4. The lowest BCUT2D eigenvalue weighted by atomic mass is 10.2. The number of hydrogen-bond donors (Lipinski definition) is 1. The summed E-state index contributed by atoms with van der Waals surface area (Å²) in [6.45, 7) is 2.07. The van der Waals surface area contributed by atoms with Gasteiger partial charge in [-0.3, -0.25) is 9.59 Å². The minimum absolute atomic E-state index is 0.0212. The molecule has 1 aromatic carbocycles. The molecule has 3 rings (SSSR count). The Morgan fingerprint density at radius 1 is 1.12 bits per heavy atom. The molecule has 3 aromatic rings. The van der Waals surface area contributed by atoms with Gasteiger partial charge in [-0.2, -0.15) is 0 Å². The molecular formula is C19H16FN3O2. The molecule has 2 heterocycles. The molecule has 0 aliphatic heterocycles. The van der Waals surface area contributed by atoms with E-state index < -0.39 is 11.5 Å². The Balaban J connectivity index is 1.84. The van der Waals surface area contributed by atoms with E-state index in [9.17, 15) is 14.0 Å². The number of carbonyl (C=O) groups excluding carboxylic acids is 1. The van der Waals surface area contributed by atoms with Gasteiger partial charge in [-0.15, -0.1) is 0 Å². The number of aryl methyl sites for hydroxylation is 1. The van der Waals surface area contributed by atoms with Crippen molar-refractivity contribution in [3.63, 3.8) is 0 Å². The standard InChI is InChI=1S/C19H16FN3O2/c1-13-4-2-6-17(21-13)22-18(24)16-5-3-11-23(19(16)25)12-14-7-9-15(20)10-8-14/h2-11H,12H2,1H3,(H,21,22,24). The highest BCUT2D eigenvalue weighted by molar-refractivity contribution is 6.03. The van der Waals surface area contributed by atoms with Crippen molar-refractivity contribution in [2.24, 2.45) is 0 Å². The number of carbonyl (C=O) groups is 1. The van der Waals surface area contributed by atoms with Crippen LogP contribution < -0.4 is 10.9 Å². The molecule has 0 unspecified atom stereocenters. The Kier molecular flexibility index (Phi) is 4.70. The van der Waals surface area contributed by atoms with E-state index in [2.05, 4.69) is 10.3 Å². The van der Waals surface area contributed by atoms with E-state index in [1.54, 1.807) is 36.5 Å². The number of halogens is 1. The van der Waals surface area contributed by atoms with Crippen LogP contribution in [0.5, 0.6) is 0 Å². The molecule has 0 fully saturated rings. The molecule has 0 radical (unpaired) electrons. The summed E-state index contributed by atoms with van der Waals surface area (Å²) in [7, 11) is 0. The number of anilines is 1. The van der Waals surface area contributed by atoms with Crippen LogP contribution in [0.4, 0.5) is 10.2 Å². The lowest BCUT2D eigenvalue weighted by Gasteiger charge is -2.09. The first-order valence-corrected chi connectivity index (χ1v) is 7.72.